The van der Waals surface area contributed by atoms with Crippen molar-refractivity contribution in [2.75, 3.05) is 26.8 Å². The zero-order chi connectivity index (χ0) is 17.5. The second-order valence-corrected chi connectivity index (χ2v) is 6.29. The molecule has 24 heavy (non-hydrogen) atoms. The average molecular weight is 333 g/mol. The minimum absolute atomic E-state index is 0.0266. The van der Waals surface area contributed by atoms with E-state index in [1.165, 1.54) is 0 Å². The maximum absolute atomic E-state index is 11.6. The summed E-state index contributed by atoms with van der Waals surface area (Å²) in [4.78, 5) is 13.9. The topological polar surface area (TPSA) is 76.8 Å². The normalized spacial score (nSPS) is 15.8. The van der Waals surface area contributed by atoms with E-state index in [1.807, 2.05) is 19.1 Å². The summed E-state index contributed by atoms with van der Waals surface area (Å²) in [5, 5.41) is 0. The highest BCUT2D eigenvalue weighted by molar-refractivity contribution is 5.78. The quantitative estimate of drug-likeness (QED) is 0.345. The summed E-state index contributed by atoms with van der Waals surface area (Å²) in [6.45, 7) is 8.83. The van der Waals surface area contributed by atoms with Crippen LogP contribution in [0.15, 0.2) is 30.4 Å². The van der Waals surface area contributed by atoms with E-state index in [0.29, 0.717) is 6.61 Å². The molecule has 1 saturated heterocycles. The Morgan fingerprint density at radius 2 is 2.08 bits per heavy atom. The molecule has 1 fully saturated rings. The lowest BCUT2D eigenvalue weighted by Gasteiger charge is -2.31. The van der Waals surface area contributed by atoms with Gasteiger partial charge in [0.1, 0.15) is 6.61 Å². The van der Waals surface area contributed by atoms with Crippen LogP contribution in [0.25, 0.3) is 0 Å². The molecule has 0 atom stereocenters. The molecule has 1 aliphatic heterocycles. The molecule has 6 nitrogen and oxygen atoms in total. The Morgan fingerprint density at radius 3 is 2.67 bits per heavy atom. The zero-order valence-corrected chi connectivity index (χ0v) is 14.5. The number of nitrogens with zero attached hydrogens (tertiary/aromatic N) is 1. The first kappa shape index (κ1) is 18.3. The predicted octanol–water partition coefficient (Wildman–Crippen LogP) is 1.85. The van der Waals surface area contributed by atoms with Gasteiger partial charge in [-0.3, -0.25) is 15.1 Å². The lowest BCUT2D eigenvalue weighted by atomic mass is 9.96. The van der Waals surface area contributed by atoms with Crippen molar-refractivity contribution in [1.82, 2.24) is 10.3 Å². The average Bonchev–Trinajstić information content (AvgIpc) is 2.60. The molecule has 3 N–H and O–H groups in total. The van der Waals surface area contributed by atoms with Crippen molar-refractivity contribution >= 4 is 5.91 Å². The maximum atomic E-state index is 11.6. The predicted molar refractivity (Wildman–Crippen MR) is 93.6 cm³/mol. The third kappa shape index (κ3) is 4.97. The van der Waals surface area contributed by atoms with E-state index in [0.717, 1.165) is 55.1 Å². The number of nitrogens with one attached hydrogen (secondary N) is 1. The van der Waals surface area contributed by atoms with E-state index in [9.17, 15) is 4.79 Å². The van der Waals surface area contributed by atoms with Crippen molar-refractivity contribution in [3.8, 4) is 11.5 Å². The maximum Gasteiger partial charge on any atom is 0.237 e. The lowest BCUT2D eigenvalue weighted by Crippen LogP contribution is -2.42. The van der Waals surface area contributed by atoms with Gasteiger partial charge in [-0.05, 0) is 56.1 Å². The zero-order valence-electron chi connectivity index (χ0n) is 14.5. The van der Waals surface area contributed by atoms with Gasteiger partial charge < -0.3 is 9.47 Å². The number of carbonyl (C=O) groups excluding carboxylic acids is 1. The third-order valence-corrected chi connectivity index (χ3v) is 4.21. The molecule has 1 aliphatic rings. The molecule has 0 radical (unpaired) electrons. The van der Waals surface area contributed by atoms with Gasteiger partial charge in [-0.1, -0.05) is 12.6 Å². The molecule has 1 aromatic carbocycles. The van der Waals surface area contributed by atoms with Crippen molar-refractivity contribution in [1.29, 1.82) is 0 Å². The van der Waals surface area contributed by atoms with Gasteiger partial charge >= 0.3 is 0 Å². The van der Waals surface area contributed by atoms with Crippen LogP contribution in [-0.2, 0) is 11.3 Å². The van der Waals surface area contributed by atoms with Gasteiger partial charge in [-0.25, -0.2) is 5.84 Å². The van der Waals surface area contributed by atoms with Crippen LogP contribution >= 0.6 is 0 Å². The van der Waals surface area contributed by atoms with Crippen LogP contribution in [0.2, 0.25) is 0 Å². The first-order valence-corrected chi connectivity index (χ1v) is 8.20. The number of piperidine rings is 1. The number of benzene rings is 1. The number of nitrogens with two attached hydrogens (primary N) is 1. The van der Waals surface area contributed by atoms with Crippen molar-refractivity contribution < 1.29 is 14.3 Å². The molecule has 0 saturated carbocycles. The Balaban J connectivity index is 1.93. The standard InChI is InChI=1S/C18H27N3O3/c1-13(2)12-24-16-5-4-14(10-17(16)23-3)11-21-8-6-15(7-9-21)18(22)20-19/h4-5,10,15H,1,6-9,11-12,19H2,2-3H3,(H,20,22). The molecule has 1 amide bonds. The number of hydrazine groups is 1. The Labute approximate surface area is 143 Å². The number of carbonyl (C=O) groups is 1. The first-order chi connectivity index (χ1) is 11.5. The highest BCUT2D eigenvalue weighted by atomic mass is 16.5. The van der Waals surface area contributed by atoms with Crippen LogP contribution in [0.3, 0.4) is 0 Å². The number of methoxy groups -OCH3 is 1. The molecule has 6 heteroatoms. The molecule has 0 bridgehead atoms. The summed E-state index contributed by atoms with van der Waals surface area (Å²) in [5.74, 6) is 6.63. The molecular formula is C18H27N3O3. The lowest BCUT2D eigenvalue weighted by molar-refractivity contribution is -0.126. The fourth-order valence-electron chi connectivity index (χ4n) is 2.86. The molecule has 2 rings (SSSR count). The molecule has 0 aromatic heterocycles. The van der Waals surface area contributed by atoms with Crippen LogP contribution in [-0.4, -0.2) is 37.6 Å². The van der Waals surface area contributed by atoms with Gasteiger partial charge in [0.25, 0.3) is 0 Å². The summed E-state index contributed by atoms with van der Waals surface area (Å²) in [7, 11) is 1.64. The van der Waals surface area contributed by atoms with E-state index >= 15 is 0 Å². The second kappa shape index (κ2) is 8.70. The van der Waals surface area contributed by atoms with E-state index < -0.39 is 0 Å². The Hall–Kier alpha value is -2.05. The summed E-state index contributed by atoms with van der Waals surface area (Å²) in [6, 6.07) is 5.99. The number of hydrogen-bond donors (Lipinski definition) is 2. The number of ether oxygens (including phenoxy) is 2. The summed E-state index contributed by atoms with van der Waals surface area (Å²) in [6.07, 6.45) is 1.67. The third-order valence-electron chi connectivity index (χ3n) is 4.21. The van der Waals surface area contributed by atoms with Crippen molar-refractivity contribution in [2.45, 2.75) is 26.3 Å². The van der Waals surface area contributed by atoms with Crippen molar-refractivity contribution in [3.05, 3.63) is 35.9 Å². The number of likely N-dealkylation sites (tertiary alicyclic amines) is 1. The van der Waals surface area contributed by atoms with E-state index in [4.69, 9.17) is 15.3 Å². The fourth-order valence-corrected chi connectivity index (χ4v) is 2.86. The Kier molecular flexibility index (Phi) is 6.63. The molecule has 132 valence electrons. The minimum atomic E-state index is -0.0599. The van der Waals surface area contributed by atoms with Gasteiger partial charge in [0.05, 0.1) is 7.11 Å². The number of amides is 1. The smallest absolute Gasteiger partial charge is 0.237 e. The minimum Gasteiger partial charge on any atom is -0.493 e. The monoisotopic (exact) mass is 333 g/mol. The SMILES string of the molecule is C=C(C)COc1ccc(CN2CCC(C(=O)NN)CC2)cc1OC. The van der Waals surface area contributed by atoms with Crippen molar-refractivity contribution in [3.63, 3.8) is 0 Å². The van der Waals surface area contributed by atoms with Crippen LogP contribution in [0.4, 0.5) is 0 Å². The first-order valence-electron chi connectivity index (χ1n) is 8.20. The van der Waals surface area contributed by atoms with Crippen LogP contribution < -0.4 is 20.7 Å². The largest absolute Gasteiger partial charge is 0.493 e. The molecule has 0 spiro atoms. The summed E-state index contributed by atoms with van der Waals surface area (Å²) >= 11 is 0. The van der Waals surface area contributed by atoms with Crippen LogP contribution in [0.5, 0.6) is 11.5 Å². The van der Waals surface area contributed by atoms with Crippen LogP contribution in [0.1, 0.15) is 25.3 Å². The summed E-state index contributed by atoms with van der Waals surface area (Å²) < 4.78 is 11.1. The van der Waals surface area contributed by atoms with E-state index in [1.54, 1.807) is 7.11 Å². The highest BCUT2D eigenvalue weighted by Crippen LogP contribution is 2.29. The number of hydrogen-bond acceptors (Lipinski definition) is 5. The van der Waals surface area contributed by atoms with Crippen LogP contribution in [0, 0.1) is 5.92 Å². The van der Waals surface area contributed by atoms with Gasteiger partial charge in [0.15, 0.2) is 11.5 Å². The van der Waals surface area contributed by atoms with Gasteiger partial charge in [0.2, 0.25) is 5.91 Å². The van der Waals surface area contributed by atoms with Gasteiger partial charge in [0, 0.05) is 12.5 Å². The molecule has 1 aromatic rings. The highest BCUT2D eigenvalue weighted by Gasteiger charge is 2.24. The molecule has 0 aliphatic carbocycles. The molecular weight excluding hydrogens is 306 g/mol. The Bertz CT molecular complexity index is 581. The fraction of sp³-hybridized carbons (Fsp3) is 0.500. The second-order valence-electron chi connectivity index (χ2n) is 6.29. The van der Waals surface area contributed by atoms with E-state index in [2.05, 4.69) is 23.0 Å². The Morgan fingerprint density at radius 1 is 1.38 bits per heavy atom. The summed E-state index contributed by atoms with van der Waals surface area (Å²) in [5.41, 5.74) is 4.37. The number of rotatable bonds is 7. The van der Waals surface area contributed by atoms with E-state index in [-0.39, 0.29) is 11.8 Å². The molecule has 0 unspecified atom stereocenters. The van der Waals surface area contributed by atoms with Crippen molar-refractivity contribution in [2.24, 2.45) is 11.8 Å². The van der Waals surface area contributed by atoms with Gasteiger partial charge in [-0.15, -0.1) is 0 Å². The van der Waals surface area contributed by atoms with Gasteiger partial charge in [-0.2, -0.15) is 0 Å². The molecule has 1 heterocycles.